The normalized spacial score (nSPS) is 24.8. The second-order valence-corrected chi connectivity index (χ2v) is 17.6. The summed E-state index contributed by atoms with van der Waals surface area (Å²) in [7, 11) is 0. The van der Waals surface area contributed by atoms with E-state index < -0.39 is 0 Å². The lowest BCUT2D eigenvalue weighted by molar-refractivity contribution is 0.220. The Kier molecular flexibility index (Phi) is 6.72. The molecule has 5 aliphatic rings. The summed E-state index contributed by atoms with van der Waals surface area (Å²) in [5.41, 5.74) is 17.8. The van der Waals surface area contributed by atoms with Crippen molar-refractivity contribution in [3.05, 3.63) is 137 Å². The van der Waals surface area contributed by atoms with Crippen LogP contribution in [0, 0.1) is 17.8 Å². The van der Waals surface area contributed by atoms with Crippen LogP contribution in [0.15, 0.2) is 109 Å². The van der Waals surface area contributed by atoms with Crippen LogP contribution >= 0.6 is 0 Å². The first kappa shape index (κ1) is 30.7. The van der Waals surface area contributed by atoms with Gasteiger partial charge in [0, 0.05) is 27.8 Å². The van der Waals surface area contributed by atoms with E-state index in [0.29, 0.717) is 0 Å². The standard InChI is InChI=1S/C49H51N/c1-5-13-33-28-32-29-43(33)49(31-32)41-17-9-7-15-39(41)46-42(49)18-12-19-45(46)50(35-22-20-34(21-23-35)47(2,3)4)36-24-25-38-37-14-6-8-16-40(37)48(44(38)30-36)26-10-11-27-48/h6-9,12,14-25,30,32-33,43H,5,10-11,13,26-29,31H2,1-4H3/t32?,33?,43-,49-/m0/s1. The molecule has 3 saturated carbocycles. The smallest absolute Gasteiger partial charge is 0.0543 e. The molecule has 2 bridgehead atoms. The molecule has 1 nitrogen and oxygen atoms in total. The predicted molar refractivity (Wildman–Crippen MR) is 210 cm³/mol. The van der Waals surface area contributed by atoms with E-state index in [4.69, 9.17) is 0 Å². The Bertz CT molecular complexity index is 2120. The van der Waals surface area contributed by atoms with Crippen molar-refractivity contribution in [1.29, 1.82) is 0 Å². The third-order valence-corrected chi connectivity index (χ3v) is 14.1. The van der Waals surface area contributed by atoms with Gasteiger partial charge in [0.2, 0.25) is 0 Å². The lowest BCUT2D eigenvalue weighted by atomic mass is 9.62. The number of rotatable bonds is 5. The van der Waals surface area contributed by atoms with Crippen LogP contribution in [0.5, 0.6) is 0 Å². The lowest BCUT2D eigenvalue weighted by Gasteiger charge is -2.41. The Morgan fingerprint density at radius 3 is 2.08 bits per heavy atom. The fourth-order valence-corrected chi connectivity index (χ4v) is 12.2. The minimum atomic E-state index is 0.105. The van der Waals surface area contributed by atoms with Crippen molar-refractivity contribution in [3.8, 4) is 22.3 Å². The van der Waals surface area contributed by atoms with Crippen LogP contribution in [0.2, 0.25) is 0 Å². The molecule has 10 rings (SSSR count). The number of anilines is 3. The Morgan fingerprint density at radius 1 is 0.660 bits per heavy atom. The fraction of sp³-hybridized carbons (Fsp3) is 0.388. The molecule has 5 aliphatic carbocycles. The van der Waals surface area contributed by atoms with Crippen LogP contribution in [0.4, 0.5) is 17.1 Å². The van der Waals surface area contributed by atoms with E-state index in [0.717, 1.165) is 17.8 Å². The largest absolute Gasteiger partial charge is 0.310 e. The van der Waals surface area contributed by atoms with Gasteiger partial charge in [-0.1, -0.05) is 132 Å². The molecule has 0 saturated heterocycles. The van der Waals surface area contributed by atoms with Gasteiger partial charge in [-0.25, -0.2) is 0 Å². The quantitative estimate of drug-likeness (QED) is 0.182. The minimum absolute atomic E-state index is 0.105. The number of hydrogen-bond acceptors (Lipinski definition) is 1. The first-order valence-corrected chi connectivity index (χ1v) is 19.7. The molecule has 5 aromatic carbocycles. The number of fused-ring (bicyclic) bond motifs is 13. The molecular weight excluding hydrogens is 603 g/mol. The maximum Gasteiger partial charge on any atom is 0.0543 e. The molecule has 0 aromatic heterocycles. The van der Waals surface area contributed by atoms with E-state index >= 15 is 0 Å². The third-order valence-electron chi connectivity index (χ3n) is 14.1. The van der Waals surface area contributed by atoms with Crippen molar-refractivity contribution in [3.63, 3.8) is 0 Å². The van der Waals surface area contributed by atoms with Gasteiger partial charge in [0.05, 0.1) is 5.69 Å². The van der Waals surface area contributed by atoms with Crippen LogP contribution in [0.3, 0.4) is 0 Å². The van der Waals surface area contributed by atoms with E-state index in [1.165, 1.54) is 103 Å². The Labute approximate surface area is 299 Å². The first-order chi connectivity index (χ1) is 24.3. The molecule has 0 aliphatic heterocycles. The topological polar surface area (TPSA) is 3.24 Å². The van der Waals surface area contributed by atoms with Crippen molar-refractivity contribution >= 4 is 17.1 Å². The average Bonchev–Trinajstić information content (AvgIpc) is 3.96. The molecule has 5 aromatic rings. The predicted octanol–water partition coefficient (Wildman–Crippen LogP) is 13.4. The van der Waals surface area contributed by atoms with E-state index in [1.54, 1.807) is 22.3 Å². The average molecular weight is 654 g/mol. The molecule has 2 unspecified atom stereocenters. The van der Waals surface area contributed by atoms with E-state index in [2.05, 4.69) is 142 Å². The fourth-order valence-electron chi connectivity index (χ4n) is 12.2. The van der Waals surface area contributed by atoms with Gasteiger partial charge in [-0.15, -0.1) is 0 Å². The SMILES string of the molecule is CCCC1CC2C[C@@H]1[C@@]1(C2)c2ccccc2-c2c(N(c3ccc(C(C)(C)C)cc3)c3ccc4c(c3)C3(CCCC3)c3ccccc3-4)cccc21. The first-order valence-electron chi connectivity index (χ1n) is 19.7. The van der Waals surface area contributed by atoms with Gasteiger partial charge in [0.15, 0.2) is 0 Å². The van der Waals surface area contributed by atoms with Gasteiger partial charge >= 0.3 is 0 Å². The van der Waals surface area contributed by atoms with Gasteiger partial charge in [-0.05, 0) is 130 Å². The molecule has 2 spiro atoms. The molecule has 252 valence electrons. The maximum absolute atomic E-state index is 2.63. The zero-order chi connectivity index (χ0) is 33.8. The highest BCUT2D eigenvalue weighted by Crippen LogP contribution is 2.69. The number of hydrogen-bond donors (Lipinski definition) is 0. The number of nitrogens with zero attached hydrogens (tertiary/aromatic N) is 1. The molecule has 50 heavy (non-hydrogen) atoms. The zero-order valence-corrected chi connectivity index (χ0v) is 30.4. The van der Waals surface area contributed by atoms with Crippen LogP contribution in [0.1, 0.15) is 113 Å². The summed E-state index contributed by atoms with van der Waals surface area (Å²) in [5.74, 6) is 2.43. The van der Waals surface area contributed by atoms with Crippen LogP contribution in [-0.4, -0.2) is 0 Å². The summed E-state index contributed by atoms with van der Waals surface area (Å²) in [4.78, 5) is 2.63. The Morgan fingerprint density at radius 2 is 1.34 bits per heavy atom. The second-order valence-electron chi connectivity index (χ2n) is 17.6. The third kappa shape index (κ3) is 4.13. The summed E-state index contributed by atoms with van der Waals surface area (Å²) in [6.07, 6.45) is 11.9. The molecule has 0 heterocycles. The molecule has 4 atom stereocenters. The van der Waals surface area contributed by atoms with Gasteiger partial charge in [0.1, 0.15) is 0 Å². The minimum Gasteiger partial charge on any atom is -0.310 e. The van der Waals surface area contributed by atoms with Crippen LogP contribution in [0.25, 0.3) is 22.3 Å². The van der Waals surface area contributed by atoms with Gasteiger partial charge in [0.25, 0.3) is 0 Å². The summed E-state index contributed by atoms with van der Waals surface area (Å²) in [6, 6.07) is 43.2. The van der Waals surface area contributed by atoms with E-state index in [1.807, 2.05) is 0 Å². The molecule has 0 radical (unpaired) electrons. The Balaban J connectivity index is 1.20. The summed E-state index contributed by atoms with van der Waals surface area (Å²) in [5, 5.41) is 0. The second kappa shape index (κ2) is 10.9. The van der Waals surface area contributed by atoms with E-state index in [9.17, 15) is 0 Å². The van der Waals surface area contributed by atoms with Crippen molar-refractivity contribution in [2.24, 2.45) is 17.8 Å². The summed E-state index contributed by atoms with van der Waals surface area (Å²) >= 11 is 0. The molecule has 0 amide bonds. The van der Waals surface area contributed by atoms with Crippen molar-refractivity contribution in [1.82, 2.24) is 0 Å². The number of benzene rings is 5. The Hall–Kier alpha value is -4.10. The summed E-state index contributed by atoms with van der Waals surface area (Å²) < 4.78 is 0. The maximum atomic E-state index is 2.63. The van der Waals surface area contributed by atoms with Crippen molar-refractivity contribution in [2.45, 2.75) is 102 Å². The van der Waals surface area contributed by atoms with Crippen LogP contribution < -0.4 is 4.90 Å². The highest BCUT2D eigenvalue weighted by Gasteiger charge is 2.60. The van der Waals surface area contributed by atoms with E-state index in [-0.39, 0.29) is 16.2 Å². The lowest BCUT2D eigenvalue weighted by Crippen LogP contribution is -2.36. The zero-order valence-electron chi connectivity index (χ0n) is 30.4. The highest BCUT2D eigenvalue weighted by molar-refractivity contribution is 5.96. The monoisotopic (exact) mass is 653 g/mol. The van der Waals surface area contributed by atoms with Gasteiger partial charge in [-0.2, -0.15) is 0 Å². The van der Waals surface area contributed by atoms with Crippen LogP contribution in [-0.2, 0) is 16.2 Å². The molecule has 3 fully saturated rings. The van der Waals surface area contributed by atoms with Crippen molar-refractivity contribution < 1.29 is 0 Å². The molecule has 0 N–H and O–H groups in total. The van der Waals surface area contributed by atoms with Gasteiger partial charge < -0.3 is 4.90 Å². The molecular formula is C49H51N. The highest BCUT2D eigenvalue weighted by atomic mass is 15.1. The summed E-state index contributed by atoms with van der Waals surface area (Å²) in [6.45, 7) is 9.35. The molecule has 1 heteroatoms. The van der Waals surface area contributed by atoms with Gasteiger partial charge in [-0.3, -0.25) is 0 Å². The van der Waals surface area contributed by atoms with Crippen molar-refractivity contribution in [2.75, 3.05) is 4.90 Å².